The van der Waals surface area contributed by atoms with Crippen molar-refractivity contribution in [1.82, 2.24) is 19.7 Å². The van der Waals surface area contributed by atoms with E-state index in [4.69, 9.17) is 27.6 Å². The van der Waals surface area contributed by atoms with Crippen LogP contribution in [0.15, 0.2) is 17.1 Å². The number of hydrogen-bond acceptors (Lipinski definition) is 4. The van der Waals surface area contributed by atoms with Crippen LogP contribution >= 0.6 is 23.2 Å². The second-order valence-corrected chi connectivity index (χ2v) is 3.00. The third-order valence-electron chi connectivity index (χ3n) is 1.44. The molecule has 13 heavy (non-hydrogen) atoms. The Kier molecular flexibility index (Phi) is 2.20. The molecular weight excluding hydrogens is 215 g/mol. The zero-order valence-electron chi connectivity index (χ0n) is 6.31. The highest BCUT2D eigenvalue weighted by atomic mass is 35.5. The predicted molar refractivity (Wildman–Crippen MR) is 45.6 cm³/mol. The number of hydrogen-bond donors (Lipinski definition) is 0. The molecule has 0 saturated carbocycles. The van der Waals surface area contributed by atoms with Crippen LogP contribution in [0.2, 0.25) is 10.3 Å². The molecule has 0 radical (unpaired) electrons. The fourth-order valence-corrected chi connectivity index (χ4v) is 1.17. The van der Waals surface area contributed by atoms with E-state index >= 15 is 0 Å². The minimum absolute atomic E-state index is 0.265. The van der Waals surface area contributed by atoms with E-state index in [0.717, 1.165) is 0 Å². The molecule has 0 aliphatic heterocycles. The molecule has 0 atom stereocenters. The van der Waals surface area contributed by atoms with E-state index in [0.29, 0.717) is 17.6 Å². The third-order valence-corrected chi connectivity index (χ3v) is 2.21. The minimum atomic E-state index is 0.265. The number of imidazole rings is 1. The van der Waals surface area contributed by atoms with E-state index in [9.17, 15) is 0 Å². The van der Waals surface area contributed by atoms with Gasteiger partial charge in [0.2, 0.25) is 12.3 Å². The van der Waals surface area contributed by atoms with Gasteiger partial charge in [0.05, 0.1) is 6.33 Å². The van der Waals surface area contributed by atoms with Gasteiger partial charge in [-0.2, -0.15) is 0 Å². The van der Waals surface area contributed by atoms with Gasteiger partial charge in [-0.25, -0.2) is 4.98 Å². The fraction of sp³-hybridized carbons (Fsp3) is 0.167. The maximum absolute atomic E-state index is 5.80. The summed E-state index contributed by atoms with van der Waals surface area (Å²) in [4.78, 5) is 3.80. The molecular formula is C6H4Cl2N4O. The summed E-state index contributed by atoms with van der Waals surface area (Å²) in [6.07, 6.45) is 2.76. The van der Waals surface area contributed by atoms with Crippen LogP contribution in [-0.2, 0) is 6.54 Å². The van der Waals surface area contributed by atoms with Crippen molar-refractivity contribution < 1.29 is 4.42 Å². The van der Waals surface area contributed by atoms with Gasteiger partial charge in [0.1, 0.15) is 11.7 Å². The molecule has 0 unspecified atom stereocenters. The third kappa shape index (κ3) is 1.66. The molecule has 0 saturated heterocycles. The average Bonchev–Trinajstić information content (AvgIpc) is 2.71. The summed E-state index contributed by atoms with van der Waals surface area (Å²) in [5.74, 6) is 0.455. The largest absolute Gasteiger partial charge is 0.426 e. The Labute approximate surface area is 83.3 Å². The lowest BCUT2D eigenvalue weighted by Gasteiger charge is -1.97. The van der Waals surface area contributed by atoms with Crippen molar-refractivity contribution in [1.29, 1.82) is 0 Å². The first-order valence-corrected chi connectivity index (χ1v) is 4.14. The second kappa shape index (κ2) is 3.35. The molecule has 0 aliphatic carbocycles. The normalized spacial score (nSPS) is 10.6. The molecule has 0 aliphatic rings. The lowest BCUT2D eigenvalue weighted by atomic mass is 10.6. The van der Waals surface area contributed by atoms with Gasteiger partial charge in [0.25, 0.3) is 0 Å². The second-order valence-electron chi connectivity index (χ2n) is 2.29. The van der Waals surface area contributed by atoms with Gasteiger partial charge in [-0.3, -0.25) is 0 Å². The summed E-state index contributed by atoms with van der Waals surface area (Å²) >= 11 is 11.4. The van der Waals surface area contributed by atoms with Crippen molar-refractivity contribution in [3.8, 4) is 0 Å². The Morgan fingerprint density at radius 1 is 1.46 bits per heavy atom. The van der Waals surface area contributed by atoms with Crippen molar-refractivity contribution >= 4 is 23.2 Å². The molecule has 2 aromatic rings. The molecule has 68 valence electrons. The van der Waals surface area contributed by atoms with Crippen LogP contribution in [0, 0.1) is 0 Å². The molecule has 7 heteroatoms. The zero-order chi connectivity index (χ0) is 9.26. The number of halogens is 2. The molecule has 0 aromatic carbocycles. The highest BCUT2D eigenvalue weighted by Gasteiger charge is 2.08. The maximum Gasteiger partial charge on any atom is 0.235 e. The summed E-state index contributed by atoms with van der Waals surface area (Å²) in [5.41, 5.74) is 0. The van der Waals surface area contributed by atoms with E-state index in [-0.39, 0.29) is 5.15 Å². The lowest BCUT2D eigenvalue weighted by molar-refractivity contribution is 0.477. The van der Waals surface area contributed by atoms with Gasteiger partial charge in [0.15, 0.2) is 5.15 Å². The van der Waals surface area contributed by atoms with Crippen LogP contribution in [0.4, 0.5) is 0 Å². The lowest BCUT2D eigenvalue weighted by Crippen LogP contribution is -1.98. The highest BCUT2D eigenvalue weighted by molar-refractivity contribution is 6.40. The molecule has 5 nitrogen and oxygen atoms in total. The van der Waals surface area contributed by atoms with Crippen LogP contribution in [0.1, 0.15) is 5.89 Å². The van der Waals surface area contributed by atoms with Gasteiger partial charge in [0, 0.05) is 0 Å². The molecule has 2 rings (SSSR count). The fourth-order valence-electron chi connectivity index (χ4n) is 0.864. The Hall–Kier alpha value is -1.07. The summed E-state index contributed by atoms with van der Waals surface area (Å²) in [6.45, 7) is 0.374. The molecule has 2 aromatic heterocycles. The molecule has 0 spiro atoms. The standard InChI is InChI=1S/C6H4Cl2N4O/c7-5-6(8)12(2-9-5)1-4-11-10-3-13-4/h2-3H,1H2. The summed E-state index contributed by atoms with van der Waals surface area (Å²) in [7, 11) is 0. The monoisotopic (exact) mass is 218 g/mol. The summed E-state index contributed by atoms with van der Waals surface area (Å²) < 4.78 is 6.54. The van der Waals surface area contributed by atoms with E-state index in [1.165, 1.54) is 12.7 Å². The highest BCUT2D eigenvalue weighted by Crippen LogP contribution is 2.19. The Morgan fingerprint density at radius 2 is 2.31 bits per heavy atom. The number of rotatable bonds is 2. The zero-order valence-corrected chi connectivity index (χ0v) is 7.83. The van der Waals surface area contributed by atoms with E-state index in [1.54, 1.807) is 4.57 Å². The van der Waals surface area contributed by atoms with Gasteiger partial charge in [-0.1, -0.05) is 23.2 Å². The smallest absolute Gasteiger partial charge is 0.235 e. The first-order chi connectivity index (χ1) is 6.27. The summed E-state index contributed by atoms with van der Waals surface area (Å²) in [6, 6.07) is 0. The average molecular weight is 219 g/mol. The van der Waals surface area contributed by atoms with Crippen LogP contribution in [-0.4, -0.2) is 19.7 Å². The van der Waals surface area contributed by atoms with Crippen LogP contribution in [0.25, 0.3) is 0 Å². The van der Waals surface area contributed by atoms with Gasteiger partial charge < -0.3 is 8.98 Å². The van der Waals surface area contributed by atoms with Crippen molar-refractivity contribution in [2.75, 3.05) is 0 Å². The first kappa shape index (κ1) is 8.52. The van der Waals surface area contributed by atoms with Crippen molar-refractivity contribution in [2.45, 2.75) is 6.54 Å². The Balaban J connectivity index is 2.24. The topological polar surface area (TPSA) is 56.7 Å². The van der Waals surface area contributed by atoms with E-state index in [2.05, 4.69) is 15.2 Å². The summed E-state index contributed by atoms with van der Waals surface area (Å²) in [5, 5.41) is 7.85. The van der Waals surface area contributed by atoms with Crippen molar-refractivity contribution in [2.24, 2.45) is 0 Å². The van der Waals surface area contributed by atoms with Gasteiger partial charge in [-0.05, 0) is 0 Å². The molecule has 0 N–H and O–H groups in total. The van der Waals surface area contributed by atoms with Crippen molar-refractivity contribution in [3.63, 3.8) is 0 Å². The van der Waals surface area contributed by atoms with Gasteiger partial charge >= 0.3 is 0 Å². The first-order valence-electron chi connectivity index (χ1n) is 3.38. The predicted octanol–water partition coefficient (Wildman–Crippen LogP) is 1.62. The van der Waals surface area contributed by atoms with Crippen molar-refractivity contribution in [3.05, 3.63) is 28.9 Å². The number of aromatic nitrogens is 4. The molecule has 0 amide bonds. The maximum atomic E-state index is 5.80. The SMILES string of the molecule is Clc1ncn(Cc2nnco2)c1Cl. The van der Waals surface area contributed by atoms with Crippen LogP contribution < -0.4 is 0 Å². The molecule has 0 fully saturated rings. The minimum Gasteiger partial charge on any atom is -0.426 e. The van der Waals surface area contributed by atoms with Gasteiger partial charge in [-0.15, -0.1) is 10.2 Å². The molecule has 0 bridgehead atoms. The Bertz CT molecular complexity index is 397. The Morgan fingerprint density at radius 3 is 2.85 bits per heavy atom. The van der Waals surface area contributed by atoms with Crippen LogP contribution in [0.5, 0.6) is 0 Å². The quantitative estimate of drug-likeness (QED) is 0.769. The van der Waals surface area contributed by atoms with E-state index < -0.39 is 0 Å². The van der Waals surface area contributed by atoms with Crippen LogP contribution in [0.3, 0.4) is 0 Å². The number of nitrogens with zero attached hydrogens (tertiary/aromatic N) is 4. The van der Waals surface area contributed by atoms with E-state index in [1.807, 2.05) is 0 Å². The molecule has 2 heterocycles.